The number of rotatable bonds is 4. The Kier molecular flexibility index (Phi) is 3.99. The molecule has 2 aromatic heterocycles. The Labute approximate surface area is 149 Å². The molecule has 0 unspecified atom stereocenters. The molecule has 0 fully saturated rings. The first kappa shape index (κ1) is 15.5. The SMILES string of the molecule is Nc1nccc(-n2ccc3c(OCc4ccc(Cl)cc4)cccc32)n1. The lowest BCUT2D eigenvalue weighted by atomic mass is 10.2. The number of aromatic nitrogens is 3. The van der Waals surface area contributed by atoms with Crippen molar-refractivity contribution in [1.82, 2.24) is 14.5 Å². The van der Waals surface area contributed by atoms with E-state index in [0.717, 1.165) is 28.0 Å². The fourth-order valence-electron chi connectivity index (χ4n) is 2.70. The Balaban J connectivity index is 1.66. The van der Waals surface area contributed by atoms with Crippen LogP contribution in [-0.4, -0.2) is 14.5 Å². The minimum atomic E-state index is 0.245. The summed E-state index contributed by atoms with van der Waals surface area (Å²) in [4.78, 5) is 8.21. The molecule has 2 N–H and O–H groups in total. The van der Waals surface area contributed by atoms with Crippen molar-refractivity contribution in [2.75, 3.05) is 5.73 Å². The quantitative estimate of drug-likeness (QED) is 0.598. The number of anilines is 1. The standard InChI is InChI=1S/C19H15ClN4O/c20-14-6-4-13(5-7-14)12-25-17-3-1-2-16-15(17)9-11-24(16)18-8-10-22-19(21)23-18/h1-11H,12H2,(H2,21,22,23). The Morgan fingerprint density at radius 1 is 1.04 bits per heavy atom. The molecule has 0 amide bonds. The number of hydrogen-bond donors (Lipinski definition) is 1. The molecule has 5 nitrogen and oxygen atoms in total. The fraction of sp³-hybridized carbons (Fsp3) is 0.0526. The summed E-state index contributed by atoms with van der Waals surface area (Å²) in [6.07, 6.45) is 3.59. The highest BCUT2D eigenvalue weighted by Crippen LogP contribution is 2.29. The second-order valence-corrected chi connectivity index (χ2v) is 6.00. The van der Waals surface area contributed by atoms with Gasteiger partial charge in [-0.2, -0.15) is 4.98 Å². The van der Waals surface area contributed by atoms with Crippen molar-refractivity contribution in [3.63, 3.8) is 0 Å². The second kappa shape index (κ2) is 6.45. The van der Waals surface area contributed by atoms with E-state index in [1.54, 1.807) is 6.20 Å². The Bertz CT molecular complexity index is 1030. The highest BCUT2D eigenvalue weighted by molar-refractivity contribution is 6.30. The molecular weight excluding hydrogens is 336 g/mol. The molecule has 0 atom stereocenters. The average Bonchev–Trinajstić information content (AvgIpc) is 3.06. The van der Waals surface area contributed by atoms with Crippen LogP contribution in [0.25, 0.3) is 16.7 Å². The van der Waals surface area contributed by atoms with E-state index in [4.69, 9.17) is 22.1 Å². The predicted molar refractivity (Wildman–Crippen MR) is 99.1 cm³/mol. The third kappa shape index (κ3) is 3.14. The van der Waals surface area contributed by atoms with Crippen LogP contribution in [0, 0.1) is 0 Å². The van der Waals surface area contributed by atoms with E-state index in [1.165, 1.54) is 0 Å². The first-order valence-corrected chi connectivity index (χ1v) is 8.15. The molecule has 0 radical (unpaired) electrons. The fourth-order valence-corrected chi connectivity index (χ4v) is 2.83. The molecule has 2 aromatic carbocycles. The van der Waals surface area contributed by atoms with E-state index in [9.17, 15) is 0 Å². The molecule has 2 heterocycles. The molecule has 4 rings (SSSR count). The van der Waals surface area contributed by atoms with Crippen LogP contribution < -0.4 is 10.5 Å². The van der Waals surface area contributed by atoms with Gasteiger partial charge in [-0.3, -0.25) is 0 Å². The minimum absolute atomic E-state index is 0.245. The molecule has 0 saturated heterocycles. The number of halogens is 1. The second-order valence-electron chi connectivity index (χ2n) is 5.56. The minimum Gasteiger partial charge on any atom is -0.488 e. The zero-order valence-corrected chi connectivity index (χ0v) is 14.0. The maximum absolute atomic E-state index is 6.00. The van der Waals surface area contributed by atoms with E-state index in [0.29, 0.717) is 11.6 Å². The van der Waals surface area contributed by atoms with Crippen molar-refractivity contribution in [3.05, 3.63) is 77.6 Å². The van der Waals surface area contributed by atoms with Crippen molar-refractivity contribution >= 4 is 28.5 Å². The molecule has 124 valence electrons. The zero-order valence-electron chi connectivity index (χ0n) is 13.3. The van der Waals surface area contributed by atoms with Crippen LogP contribution in [0.3, 0.4) is 0 Å². The molecule has 6 heteroatoms. The number of hydrogen-bond acceptors (Lipinski definition) is 4. The Morgan fingerprint density at radius 2 is 1.88 bits per heavy atom. The molecule has 0 bridgehead atoms. The van der Waals surface area contributed by atoms with Gasteiger partial charge in [0.2, 0.25) is 5.95 Å². The van der Waals surface area contributed by atoms with Gasteiger partial charge in [-0.1, -0.05) is 29.8 Å². The lowest BCUT2D eigenvalue weighted by molar-refractivity contribution is 0.310. The van der Waals surface area contributed by atoms with Crippen LogP contribution in [0.15, 0.2) is 67.0 Å². The number of benzene rings is 2. The van der Waals surface area contributed by atoms with Crippen LogP contribution in [-0.2, 0) is 6.61 Å². The molecular formula is C19H15ClN4O. The van der Waals surface area contributed by atoms with Gasteiger partial charge in [0, 0.05) is 22.8 Å². The smallest absolute Gasteiger partial charge is 0.221 e. The van der Waals surface area contributed by atoms with Crippen molar-refractivity contribution in [2.45, 2.75) is 6.61 Å². The van der Waals surface area contributed by atoms with Crippen LogP contribution in [0.2, 0.25) is 5.02 Å². The number of nitrogens with two attached hydrogens (primary N) is 1. The number of ether oxygens (including phenoxy) is 1. The van der Waals surface area contributed by atoms with Gasteiger partial charge >= 0.3 is 0 Å². The van der Waals surface area contributed by atoms with Gasteiger partial charge in [0.05, 0.1) is 5.52 Å². The van der Waals surface area contributed by atoms with Crippen LogP contribution in [0.4, 0.5) is 5.95 Å². The lowest BCUT2D eigenvalue weighted by Crippen LogP contribution is -2.01. The van der Waals surface area contributed by atoms with Crippen molar-refractivity contribution in [1.29, 1.82) is 0 Å². The lowest BCUT2D eigenvalue weighted by Gasteiger charge is -2.09. The first-order chi connectivity index (χ1) is 12.2. The van der Waals surface area contributed by atoms with Crippen molar-refractivity contribution in [2.24, 2.45) is 0 Å². The number of nitrogens with zero attached hydrogens (tertiary/aromatic N) is 3. The van der Waals surface area contributed by atoms with Gasteiger partial charge in [0.25, 0.3) is 0 Å². The van der Waals surface area contributed by atoms with Gasteiger partial charge in [0.15, 0.2) is 0 Å². The van der Waals surface area contributed by atoms with Crippen LogP contribution in [0.5, 0.6) is 5.75 Å². The van der Waals surface area contributed by atoms with Gasteiger partial charge in [-0.25, -0.2) is 4.98 Å². The predicted octanol–water partition coefficient (Wildman–Crippen LogP) is 4.24. The van der Waals surface area contributed by atoms with Crippen molar-refractivity contribution < 1.29 is 4.74 Å². The van der Waals surface area contributed by atoms with E-state index in [-0.39, 0.29) is 5.95 Å². The van der Waals surface area contributed by atoms with Crippen molar-refractivity contribution in [3.8, 4) is 11.6 Å². The third-order valence-electron chi connectivity index (χ3n) is 3.91. The summed E-state index contributed by atoms with van der Waals surface area (Å²) >= 11 is 5.92. The molecule has 25 heavy (non-hydrogen) atoms. The summed E-state index contributed by atoms with van der Waals surface area (Å²) in [6, 6.07) is 17.4. The maximum Gasteiger partial charge on any atom is 0.221 e. The van der Waals surface area contributed by atoms with Crippen LogP contribution in [0.1, 0.15) is 5.56 Å². The zero-order chi connectivity index (χ0) is 17.2. The highest BCUT2D eigenvalue weighted by atomic mass is 35.5. The molecule has 4 aromatic rings. The molecule has 0 aliphatic carbocycles. The van der Waals surface area contributed by atoms with Gasteiger partial charge in [-0.15, -0.1) is 0 Å². The maximum atomic E-state index is 6.00. The average molecular weight is 351 g/mol. The summed E-state index contributed by atoms with van der Waals surface area (Å²) in [5.41, 5.74) is 7.74. The Morgan fingerprint density at radius 3 is 2.68 bits per heavy atom. The van der Waals surface area contributed by atoms with E-state index in [2.05, 4.69) is 9.97 Å². The molecule has 0 saturated carbocycles. The summed E-state index contributed by atoms with van der Waals surface area (Å²) < 4.78 is 7.97. The van der Waals surface area contributed by atoms with Gasteiger partial charge in [0.1, 0.15) is 18.2 Å². The van der Waals surface area contributed by atoms with E-state index >= 15 is 0 Å². The Hall–Kier alpha value is -3.05. The first-order valence-electron chi connectivity index (χ1n) is 7.77. The van der Waals surface area contributed by atoms with E-state index in [1.807, 2.05) is 65.4 Å². The third-order valence-corrected chi connectivity index (χ3v) is 4.16. The van der Waals surface area contributed by atoms with Crippen LogP contribution >= 0.6 is 11.6 Å². The normalized spacial score (nSPS) is 10.9. The molecule has 0 aliphatic heterocycles. The molecule has 0 spiro atoms. The van der Waals surface area contributed by atoms with E-state index < -0.39 is 0 Å². The number of nitrogen functional groups attached to an aromatic ring is 1. The number of fused-ring (bicyclic) bond motifs is 1. The monoisotopic (exact) mass is 350 g/mol. The summed E-state index contributed by atoms with van der Waals surface area (Å²) in [5, 5.41) is 1.72. The summed E-state index contributed by atoms with van der Waals surface area (Å²) in [5.74, 6) is 1.78. The molecule has 0 aliphatic rings. The largest absolute Gasteiger partial charge is 0.488 e. The van der Waals surface area contributed by atoms with Gasteiger partial charge in [-0.05, 0) is 42.0 Å². The highest BCUT2D eigenvalue weighted by Gasteiger charge is 2.09. The topological polar surface area (TPSA) is 66.0 Å². The summed E-state index contributed by atoms with van der Waals surface area (Å²) in [6.45, 7) is 0.474. The summed E-state index contributed by atoms with van der Waals surface area (Å²) in [7, 11) is 0. The van der Waals surface area contributed by atoms with Gasteiger partial charge < -0.3 is 15.0 Å².